The number of aromatic nitrogens is 1. The summed E-state index contributed by atoms with van der Waals surface area (Å²) < 4.78 is 4.66. The molecule has 0 radical (unpaired) electrons. The number of halogens is 1. The molecule has 8 heavy (non-hydrogen) atoms. The fraction of sp³-hybridized carbons (Fsp3) is 0.400. The summed E-state index contributed by atoms with van der Waals surface area (Å²) in [6.45, 7) is 1.92. The van der Waals surface area contributed by atoms with Crippen LogP contribution < -0.4 is 0 Å². The number of hydrogen-bond donors (Lipinski definition) is 0. The van der Waals surface area contributed by atoms with E-state index < -0.39 is 0 Å². The number of nitrogens with zero attached hydrogens (tertiary/aromatic N) is 1. The summed E-state index contributed by atoms with van der Waals surface area (Å²) in [5.41, 5.74) is 2.08. The van der Waals surface area contributed by atoms with E-state index in [4.69, 9.17) is 0 Å². The summed E-state index contributed by atoms with van der Waals surface area (Å²) in [7, 11) is 0. The second-order valence-electron chi connectivity index (χ2n) is 1.56. The van der Waals surface area contributed by atoms with Gasteiger partial charge in [0.25, 0.3) is 0 Å². The Morgan fingerprint density at radius 2 is 2.62 bits per heavy atom. The van der Waals surface area contributed by atoms with Crippen molar-refractivity contribution < 1.29 is 4.52 Å². The number of aryl methyl sites for hydroxylation is 1. The minimum Gasteiger partial charge on any atom is -0.364 e. The van der Waals surface area contributed by atoms with Crippen molar-refractivity contribution in [2.24, 2.45) is 0 Å². The van der Waals surface area contributed by atoms with Crippen LogP contribution in [0.3, 0.4) is 0 Å². The van der Waals surface area contributed by atoms with Crippen molar-refractivity contribution in [2.45, 2.75) is 12.3 Å². The quantitative estimate of drug-likeness (QED) is 0.610. The van der Waals surface area contributed by atoms with Crippen LogP contribution in [0.2, 0.25) is 0 Å². The lowest BCUT2D eigenvalue weighted by Crippen LogP contribution is -1.75. The minimum atomic E-state index is 0.822. The summed E-state index contributed by atoms with van der Waals surface area (Å²) in [4.78, 5) is 0. The molecular formula is C5H6BrNO. The highest BCUT2D eigenvalue weighted by atomic mass is 79.9. The first-order valence-electron chi connectivity index (χ1n) is 2.30. The van der Waals surface area contributed by atoms with Gasteiger partial charge in [0.1, 0.15) is 6.26 Å². The van der Waals surface area contributed by atoms with Gasteiger partial charge in [0, 0.05) is 10.9 Å². The first-order chi connectivity index (χ1) is 3.84. The van der Waals surface area contributed by atoms with Crippen molar-refractivity contribution in [3.8, 4) is 0 Å². The molecule has 44 valence electrons. The average molecular weight is 176 g/mol. The Morgan fingerprint density at radius 1 is 1.88 bits per heavy atom. The van der Waals surface area contributed by atoms with Crippen molar-refractivity contribution in [1.82, 2.24) is 5.16 Å². The average Bonchev–Trinajstić information content (AvgIpc) is 2.14. The molecule has 1 heterocycles. The first kappa shape index (κ1) is 5.82. The SMILES string of the molecule is Cc1nocc1CBr. The molecule has 1 aromatic rings. The molecule has 0 atom stereocenters. The molecule has 0 N–H and O–H groups in total. The molecule has 1 rings (SSSR count). The van der Waals surface area contributed by atoms with Gasteiger partial charge in [0.15, 0.2) is 0 Å². The van der Waals surface area contributed by atoms with E-state index in [9.17, 15) is 0 Å². The van der Waals surface area contributed by atoms with Gasteiger partial charge in [0.05, 0.1) is 5.69 Å². The van der Waals surface area contributed by atoms with Crippen molar-refractivity contribution in [3.63, 3.8) is 0 Å². The third-order valence-electron chi connectivity index (χ3n) is 0.993. The van der Waals surface area contributed by atoms with E-state index in [0.717, 1.165) is 16.6 Å². The molecule has 0 saturated heterocycles. The van der Waals surface area contributed by atoms with Gasteiger partial charge < -0.3 is 4.52 Å². The van der Waals surface area contributed by atoms with Crippen LogP contribution >= 0.6 is 15.9 Å². The van der Waals surface area contributed by atoms with E-state index in [2.05, 4.69) is 25.6 Å². The molecule has 0 aromatic carbocycles. The zero-order valence-electron chi connectivity index (χ0n) is 4.52. The summed E-state index contributed by atoms with van der Waals surface area (Å²) in [5, 5.41) is 4.50. The van der Waals surface area contributed by atoms with Gasteiger partial charge in [0.2, 0.25) is 0 Å². The Balaban J connectivity index is 2.92. The summed E-state index contributed by atoms with van der Waals surface area (Å²) >= 11 is 3.29. The van der Waals surface area contributed by atoms with Crippen LogP contribution in [0, 0.1) is 6.92 Å². The zero-order valence-corrected chi connectivity index (χ0v) is 6.10. The molecule has 0 aliphatic rings. The lowest BCUT2D eigenvalue weighted by Gasteiger charge is -1.81. The first-order valence-corrected chi connectivity index (χ1v) is 3.42. The molecule has 0 unspecified atom stereocenters. The van der Waals surface area contributed by atoms with E-state index in [1.54, 1.807) is 6.26 Å². The lowest BCUT2D eigenvalue weighted by atomic mass is 10.3. The van der Waals surface area contributed by atoms with Gasteiger partial charge in [-0.25, -0.2) is 0 Å². The van der Waals surface area contributed by atoms with Gasteiger partial charge in [-0.3, -0.25) is 0 Å². The van der Waals surface area contributed by atoms with Crippen LogP contribution in [0.15, 0.2) is 10.8 Å². The third kappa shape index (κ3) is 0.916. The molecule has 2 nitrogen and oxygen atoms in total. The van der Waals surface area contributed by atoms with E-state index in [-0.39, 0.29) is 0 Å². The molecule has 0 spiro atoms. The molecule has 0 amide bonds. The Kier molecular flexibility index (Phi) is 1.68. The Labute approximate surface area is 56.0 Å². The predicted octanol–water partition coefficient (Wildman–Crippen LogP) is 1.88. The predicted molar refractivity (Wildman–Crippen MR) is 33.9 cm³/mol. The van der Waals surface area contributed by atoms with Gasteiger partial charge in [-0.15, -0.1) is 0 Å². The highest BCUT2D eigenvalue weighted by Gasteiger charge is 1.97. The summed E-state index contributed by atoms with van der Waals surface area (Å²) in [5.74, 6) is 0. The maximum absolute atomic E-state index is 4.66. The lowest BCUT2D eigenvalue weighted by molar-refractivity contribution is 0.414. The zero-order chi connectivity index (χ0) is 5.98. The molecule has 3 heteroatoms. The van der Waals surface area contributed by atoms with E-state index in [1.165, 1.54) is 0 Å². The second-order valence-corrected chi connectivity index (χ2v) is 2.12. The Morgan fingerprint density at radius 3 is 2.88 bits per heavy atom. The molecule has 1 aromatic heterocycles. The number of alkyl halides is 1. The fourth-order valence-electron chi connectivity index (χ4n) is 0.441. The fourth-order valence-corrected chi connectivity index (χ4v) is 0.979. The Hall–Kier alpha value is -0.310. The van der Waals surface area contributed by atoms with Crippen LogP contribution in [0.1, 0.15) is 11.3 Å². The van der Waals surface area contributed by atoms with Crippen molar-refractivity contribution in [1.29, 1.82) is 0 Å². The largest absolute Gasteiger partial charge is 0.364 e. The molecule has 0 aliphatic carbocycles. The van der Waals surface area contributed by atoms with Gasteiger partial charge >= 0.3 is 0 Å². The van der Waals surface area contributed by atoms with Crippen molar-refractivity contribution >= 4 is 15.9 Å². The molecule has 0 fully saturated rings. The molecule has 0 aliphatic heterocycles. The monoisotopic (exact) mass is 175 g/mol. The van der Waals surface area contributed by atoms with Gasteiger partial charge in [-0.1, -0.05) is 21.1 Å². The normalized spacial score (nSPS) is 9.75. The van der Waals surface area contributed by atoms with E-state index in [1.807, 2.05) is 6.92 Å². The van der Waals surface area contributed by atoms with Crippen LogP contribution in [-0.2, 0) is 5.33 Å². The molecular weight excluding hydrogens is 170 g/mol. The molecule has 0 bridgehead atoms. The highest BCUT2D eigenvalue weighted by molar-refractivity contribution is 9.08. The number of hydrogen-bond acceptors (Lipinski definition) is 2. The number of rotatable bonds is 1. The van der Waals surface area contributed by atoms with E-state index >= 15 is 0 Å². The van der Waals surface area contributed by atoms with Crippen molar-refractivity contribution in [3.05, 3.63) is 17.5 Å². The van der Waals surface area contributed by atoms with Crippen molar-refractivity contribution in [2.75, 3.05) is 0 Å². The molecule has 0 saturated carbocycles. The highest BCUT2D eigenvalue weighted by Crippen LogP contribution is 2.08. The summed E-state index contributed by atoms with van der Waals surface area (Å²) in [6.07, 6.45) is 1.64. The summed E-state index contributed by atoms with van der Waals surface area (Å²) in [6, 6.07) is 0. The second kappa shape index (κ2) is 2.31. The maximum atomic E-state index is 4.66. The van der Waals surface area contributed by atoms with E-state index in [0.29, 0.717) is 0 Å². The minimum absolute atomic E-state index is 0.822. The van der Waals surface area contributed by atoms with Crippen LogP contribution in [0.4, 0.5) is 0 Å². The standard InChI is InChI=1S/C5H6BrNO/c1-4-5(2-6)3-8-7-4/h3H,2H2,1H3. The van der Waals surface area contributed by atoms with Crippen LogP contribution in [-0.4, -0.2) is 5.16 Å². The van der Waals surface area contributed by atoms with Gasteiger partial charge in [-0.05, 0) is 6.92 Å². The maximum Gasteiger partial charge on any atom is 0.128 e. The van der Waals surface area contributed by atoms with Gasteiger partial charge in [-0.2, -0.15) is 0 Å². The smallest absolute Gasteiger partial charge is 0.128 e. The van der Waals surface area contributed by atoms with Crippen LogP contribution in [0.5, 0.6) is 0 Å². The topological polar surface area (TPSA) is 26.0 Å². The van der Waals surface area contributed by atoms with Crippen LogP contribution in [0.25, 0.3) is 0 Å². The Bertz CT molecular complexity index is 173. The third-order valence-corrected chi connectivity index (χ3v) is 1.60.